The second-order valence-corrected chi connectivity index (χ2v) is 5.36. The zero-order valence-corrected chi connectivity index (χ0v) is 12.6. The lowest BCUT2D eigenvalue weighted by molar-refractivity contribution is -0.118. The molecule has 0 fully saturated rings. The van der Waals surface area contributed by atoms with Crippen LogP contribution in [0.25, 0.3) is 0 Å². The van der Waals surface area contributed by atoms with Gasteiger partial charge in [0.2, 0.25) is 11.8 Å². The van der Waals surface area contributed by atoms with Crippen LogP contribution in [0.15, 0.2) is 54.6 Å². The molecule has 0 aliphatic rings. The van der Waals surface area contributed by atoms with Gasteiger partial charge in [0, 0.05) is 12.1 Å². The van der Waals surface area contributed by atoms with E-state index >= 15 is 0 Å². The summed E-state index contributed by atoms with van der Waals surface area (Å²) in [5, 5.41) is 2.87. The van der Waals surface area contributed by atoms with Crippen molar-refractivity contribution in [1.29, 1.82) is 0 Å². The molecule has 2 amide bonds. The number of primary amides is 1. The quantitative estimate of drug-likeness (QED) is 0.860. The Labute approximate surface area is 130 Å². The maximum absolute atomic E-state index is 12.2. The highest BCUT2D eigenvalue weighted by Crippen LogP contribution is 2.21. The van der Waals surface area contributed by atoms with Gasteiger partial charge in [0.25, 0.3) is 0 Å². The minimum atomic E-state index is -0.417. The third kappa shape index (κ3) is 4.45. The van der Waals surface area contributed by atoms with E-state index in [1.165, 1.54) is 0 Å². The van der Waals surface area contributed by atoms with Gasteiger partial charge in [-0.25, -0.2) is 0 Å². The molecule has 0 spiro atoms. The Balaban J connectivity index is 2.02. The van der Waals surface area contributed by atoms with Crippen LogP contribution in [-0.4, -0.2) is 11.8 Å². The second kappa shape index (κ2) is 7.41. The van der Waals surface area contributed by atoms with Crippen LogP contribution < -0.4 is 11.1 Å². The van der Waals surface area contributed by atoms with Crippen molar-refractivity contribution >= 4 is 17.5 Å². The van der Waals surface area contributed by atoms with Gasteiger partial charge in [-0.05, 0) is 23.1 Å². The van der Waals surface area contributed by atoms with E-state index in [-0.39, 0.29) is 18.2 Å². The van der Waals surface area contributed by atoms with E-state index in [0.717, 1.165) is 11.1 Å². The summed E-state index contributed by atoms with van der Waals surface area (Å²) in [6.45, 7) is 2.02. The van der Waals surface area contributed by atoms with E-state index in [9.17, 15) is 9.59 Å². The topological polar surface area (TPSA) is 72.2 Å². The molecule has 0 aliphatic carbocycles. The van der Waals surface area contributed by atoms with Crippen molar-refractivity contribution in [3.8, 4) is 0 Å². The van der Waals surface area contributed by atoms with Crippen LogP contribution >= 0.6 is 0 Å². The summed E-state index contributed by atoms with van der Waals surface area (Å²) in [6.07, 6.45) is 0.500. The van der Waals surface area contributed by atoms with Gasteiger partial charge in [-0.1, -0.05) is 55.5 Å². The summed E-state index contributed by atoms with van der Waals surface area (Å²) >= 11 is 0. The fourth-order valence-corrected chi connectivity index (χ4v) is 2.36. The Kier molecular flexibility index (Phi) is 5.31. The first kappa shape index (κ1) is 15.8. The van der Waals surface area contributed by atoms with Gasteiger partial charge in [0.05, 0.1) is 6.42 Å². The van der Waals surface area contributed by atoms with Gasteiger partial charge in [0.15, 0.2) is 0 Å². The molecule has 0 bridgehead atoms. The van der Waals surface area contributed by atoms with Crippen LogP contribution in [0.3, 0.4) is 0 Å². The van der Waals surface area contributed by atoms with Crippen LogP contribution in [0.4, 0.5) is 5.69 Å². The van der Waals surface area contributed by atoms with Gasteiger partial charge in [-0.3, -0.25) is 9.59 Å². The maximum Gasteiger partial charge on any atom is 0.224 e. The molecule has 4 nitrogen and oxygen atoms in total. The van der Waals surface area contributed by atoms with E-state index in [4.69, 9.17) is 5.73 Å². The average molecular weight is 296 g/mol. The number of benzene rings is 2. The molecule has 2 aromatic rings. The van der Waals surface area contributed by atoms with Crippen molar-refractivity contribution in [3.05, 3.63) is 65.7 Å². The zero-order valence-electron chi connectivity index (χ0n) is 12.6. The molecule has 0 aromatic heterocycles. The van der Waals surface area contributed by atoms with E-state index in [1.807, 2.05) is 49.4 Å². The average Bonchev–Trinajstić information content (AvgIpc) is 2.49. The molecule has 0 unspecified atom stereocenters. The number of carbonyl (C=O) groups excluding carboxylic acids is 2. The van der Waals surface area contributed by atoms with Gasteiger partial charge < -0.3 is 11.1 Å². The van der Waals surface area contributed by atoms with Crippen LogP contribution in [0.2, 0.25) is 0 Å². The number of hydrogen-bond donors (Lipinski definition) is 2. The molecule has 0 saturated carbocycles. The van der Waals surface area contributed by atoms with Crippen molar-refractivity contribution < 1.29 is 9.59 Å². The fourth-order valence-electron chi connectivity index (χ4n) is 2.36. The van der Waals surface area contributed by atoms with Gasteiger partial charge >= 0.3 is 0 Å². The molecule has 114 valence electrons. The smallest absolute Gasteiger partial charge is 0.224 e. The fraction of sp³-hybridized carbons (Fsp3) is 0.222. The number of amides is 2. The first-order chi connectivity index (χ1) is 10.6. The highest BCUT2D eigenvalue weighted by atomic mass is 16.2. The lowest BCUT2D eigenvalue weighted by Gasteiger charge is -2.14. The Morgan fingerprint density at radius 1 is 1.05 bits per heavy atom. The Morgan fingerprint density at radius 2 is 1.68 bits per heavy atom. The summed E-state index contributed by atoms with van der Waals surface area (Å²) in [7, 11) is 0. The number of nitrogens with one attached hydrogen (secondary N) is 1. The third-order valence-corrected chi connectivity index (χ3v) is 3.52. The van der Waals surface area contributed by atoms with Crippen LogP contribution in [0, 0.1) is 0 Å². The minimum absolute atomic E-state index is 0.0757. The van der Waals surface area contributed by atoms with Crippen molar-refractivity contribution in [2.24, 2.45) is 5.73 Å². The summed E-state index contributed by atoms with van der Waals surface area (Å²) < 4.78 is 0. The monoisotopic (exact) mass is 296 g/mol. The predicted octanol–water partition coefficient (Wildman–Crippen LogP) is 2.85. The first-order valence-electron chi connectivity index (χ1n) is 7.27. The van der Waals surface area contributed by atoms with E-state index in [0.29, 0.717) is 12.1 Å². The summed E-state index contributed by atoms with van der Waals surface area (Å²) in [5.41, 5.74) is 7.73. The second-order valence-electron chi connectivity index (χ2n) is 5.36. The minimum Gasteiger partial charge on any atom is -0.369 e. The molecule has 2 aromatic carbocycles. The van der Waals surface area contributed by atoms with E-state index in [2.05, 4.69) is 5.32 Å². The number of para-hydroxylation sites is 1. The van der Waals surface area contributed by atoms with Gasteiger partial charge in [0.1, 0.15) is 0 Å². The highest BCUT2D eigenvalue weighted by Gasteiger charge is 2.13. The number of carbonyl (C=O) groups is 2. The van der Waals surface area contributed by atoms with Crippen LogP contribution in [-0.2, 0) is 16.0 Å². The number of nitrogens with two attached hydrogens (primary N) is 1. The van der Waals surface area contributed by atoms with Crippen molar-refractivity contribution in [3.63, 3.8) is 0 Å². The SMILES string of the molecule is C[C@@H](CC(=O)Nc1ccccc1CC(N)=O)c1ccccc1. The number of hydrogen-bond acceptors (Lipinski definition) is 2. The highest BCUT2D eigenvalue weighted by molar-refractivity contribution is 5.93. The van der Waals surface area contributed by atoms with Crippen molar-refractivity contribution in [1.82, 2.24) is 0 Å². The molecule has 3 N–H and O–H groups in total. The van der Waals surface area contributed by atoms with E-state index < -0.39 is 5.91 Å². The number of anilines is 1. The Morgan fingerprint density at radius 3 is 2.36 bits per heavy atom. The molecule has 0 aliphatic heterocycles. The molecule has 0 heterocycles. The van der Waals surface area contributed by atoms with Crippen LogP contribution in [0.1, 0.15) is 30.4 Å². The zero-order chi connectivity index (χ0) is 15.9. The third-order valence-electron chi connectivity index (χ3n) is 3.52. The standard InChI is InChI=1S/C18H20N2O2/c1-13(14-7-3-2-4-8-14)11-18(22)20-16-10-6-5-9-15(16)12-17(19)21/h2-10,13H,11-12H2,1H3,(H2,19,21)(H,20,22)/t13-/m0/s1. The maximum atomic E-state index is 12.2. The molecule has 0 saturated heterocycles. The predicted molar refractivity (Wildman–Crippen MR) is 87.4 cm³/mol. The molecular weight excluding hydrogens is 276 g/mol. The van der Waals surface area contributed by atoms with Gasteiger partial charge in [-0.2, -0.15) is 0 Å². The summed E-state index contributed by atoms with van der Waals surface area (Å²) in [5.74, 6) is -0.364. The van der Waals surface area contributed by atoms with Crippen LogP contribution in [0.5, 0.6) is 0 Å². The molecule has 2 rings (SSSR count). The van der Waals surface area contributed by atoms with E-state index in [1.54, 1.807) is 12.1 Å². The van der Waals surface area contributed by atoms with Gasteiger partial charge in [-0.15, -0.1) is 0 Å². The molecular formula is C18H20N2O2. The first-order valence-corrected chi connectivity index (χ1v) is 7.27. The normalized spacial score (nSPS) is 11.7. The molecule has 4 heteroatoms. The lowest BCUT2D eigenvalue weighted by Crippen LogP contribution is -2.18. The Bertz CT molecular complexity index is 653. The summed E-state index contributed by atoms with van der Waals surface area (Å²) in [6, 6.07) is 17.1. The van der Waals surface area contributed by atoms with Crippen molar-refractivity contribution in [2.75, 3.05) is 5.32 Å². The Hall–Kier alpha value is -2.62. The molecule has 22 heavy (non-hydrogen) atoms. The summed E-state index contributed by atoms with van der Waals surface area (Å²) in [4.78, 5) is 23.3. The van der Waals surface area contributed by atoms with Crippen molar-refractivity contribution in [2.45, 2.75) is 25.7 Å². The lowest BCUT2D eigenvalue weighted by atomic mass is 9.97. The largest absolute Gasteiger partial charge is 0.369 e. The molecule has 1 atom stereocenters. The number of rotatable bonds is 6. The molecule has 0 radical (unpaired) electrons.